The minimum absolute atomic E-state index is 0.135. The largest absolute Gasteiger partial charge is 0.469 e. The highest BCUT2D eigenvalue weighted by atomic mass is 79.9. The van der Waals surface area contributed by atoms with Gasteiger partial charge in [0, 0.05) is 5.02 Å². The summed E-state index contributed by atoms with van der Waals surface area (Å²) in [5.41, 5.74) is 0.589. The van der Waals surface area contributed by atoms with E-state index in [2.05, 4.69) is 25.7 Å². The number of rotatable bonds is 2. The standard InChI is InChI=1S/C8H7BrClNO2/c1-13-8(12)4-6-2-5(10)3-7(9)11-6/h2-3H,4H2,1H3. The van der Waals surface area contributed by atoms with Crippen molar-refractivity contribution in [1.29, 1.82) is 0 Å². The summed E-state index contributed by atoms with van der Waals surface area (Å²) in [4.78, 5) is 14.9. The van der Waals surface area contributed by atoms with Gasteiger partial charge in [0.15, 0.2) is 0 Å². The number of methoxy groups -OCH3 is 1. The van der Waals surface area contributed by atoms with Gasteiger partial charge < -0.3 is 4.74 Å². The van der Waals surface area contributed by atoms with Crippen LogP contribution in [0.4, 0.5) is 0 Å². The third-order valence-electron chi connectivity index (χ3n) is 1.37. The Labute approximate surface area is 89.2 Å². The molecule has 0 unspecified atom stereocenters. The van der Waals surface area contributed by atoms with Crippen LogP contribution in [0.5, 0.6) is 0 Å². The smallest absolute Gasteiger partial charge is 0.311 e. The van der Waals surface area contributed by atoms with Crippen LogP contribution in [0.15, 0.2) is 16.7 Å². The van der Waals surface area contributed by atoms with Gasteiger partial charge in [0.1, 0.15) is 4.60 Å². The van der Waals surface area contributed by atoms with Crippen LogP contribution in [0.3, 0.4) is 0 Å². The van der Waals surface area contributed by atoms with Gasteiger partial charge in [0.2, 0.25) is 0 Å². The van der Waals surface area contributed by atoms with E-state index in [4.69, 9.17) is 11.6 Å². The minimum Gasteiger partial charge on any atom is -0.469 e. The Morgan fingerprint density at radius 2 is 2.38 bits per heavy atom. The van der Waals surface area contributed by atoms with E-state index in [0.29, 0.717) is 15.3 Å². The Bertz CT molecular complexity index is 310. The van der Waals surface area contributed by atoms with Gasteiger partial charge in [-0.2, -0.15) is 0 Å². The number of pyridine rings is 1. The number of halogens is 2. The van der Waals surface area contributed by atoms with Crippen molar-refractivity contribution in [2.45, 2.75) is 6.42 Å². The molecule has 0 radical (unpaired) electrons. The Morgan fingerprint density at radius 1 is 1.69 bits per heavy atom. The molecule has 0 spiro atoms. The highest BCUT2D eigenvalue weighted by Gasteiger charge is 2.05. The Morgan fingerprint density at radius 3 is 2.92 bits per heavy atom. The molecule has 1 rings (SSSR count). The SMILES string of the molecule is COC(=O)Cc1cc(Cl)cc(Br)n1. The lowest BCUT2D eigenvalue weighted by atomic mass is 10.3. The quantitative estimate of drug-likeness (QED) is 0.607. The van der Waals surface area contributed by atoms with E-state index in [-0.39, 0.29) is 12.4 Å². The molecule has 0 aliphatic heterocycles. The molecule has 13 heavy (non-hydrogen) atoms. The number of hydrogen-bond donors (Lipinski definition) is 0. The second kappa shape index (κ2) is 4.58. The zero-order chi connectivity index (χ0) is 9.84. The minimum atomic E-state index is -0.332. The fourth-order valence-corrected chi connectivity index (χ4v) is 1.66. The molecule has 1 aromatic heterocycles. The zero-order valence-electron chi connectivity index (χ0n) is 6.88. The predicted octanol–water partition coefficient (Wildman–Crippen LogP) is 2.21. The number of aromatic nitrogens is 1. The van der Waals surface area contributed by atoms with Crippen LogP contribution in [0.25, 0.3) is 0 Å². The number of carbonyl (C=O) groups excluding carboxylic acids is 1. The predicted molar refractivity (Wildman–Crippen MR) is 52.7 cm³/mol. The van der Waals surface area contributed by atoms with Crippen molar-refractivity contribution < 1.29 is 9.53 Å². The molecule has 0 atom stereocenters. The van der Waals surface area contributed by atoms with E-state index < -0.39 is 0 Å². The first-order valence-corrected chi connectivity index (χ1v) is 4.67. The van der Waals surface area contributed by atoms with Gasteiger partial charge in [-0.1, -0.05) is 11.6 Å². The molecule has 0 bridgehead atoms. The van der Waals surface area contributed by atoms with Gasteiger partial charge in [-0.25, -0.2) is 4.98 Å². The van der Waals surface area contributed by atoms with E-state index in [9.17, 15) is 4.79 Å². The van der Waals surface area contributed by atoms with Crippen LogP contribution in [0.1, 0.15) is 5.69 Å². The molecule has 0 saturated heterocycles. The van der Waals surface area contributed by atoms with Crippen molar-refractivity contribution in [3.05, 3.63) is 27.5 Å². The molecule has 0 aliphatic rings. The van der Waals surface area contributed by atoms with Gasteiger partial charge >= 0.3 is 5.97 Å². The fourth-order valence-electron chi connectivity index (χ4n) is 0.827. The summed E-state index contributed by atoms with van der Waals surface area (Å²) >= 11 is 8.93. The second-order valence-corrected chi connectivity index (χ2v) is 3.60. The molecule has 3 nitrogen and oxygen atoms in total. The average molecular weight is 265 g/mol. The van der Waals surface area contributed by atoms with Crippen molar-refractivity contribution in [2.24, 2.45) is 0 Å². The van der Waals surface area contributed by atoms with Crippen molar-refractivity contribution in [3.63, 3.8) is 0 Å². The van der Waals surface area contributed by atoms with Crippen molar-refractivity contribution >= 4 is 33.5 Å². The molecule has 1 heterocycles. The van der Waals surface area contributed by atoms with E-state index in [1.807, 2.05) is 0 Å². The molecule has 0 N–H and O–H groups in total. The van der Waals surface area contributed by atoms with Gasteiger partial charge in [-0.3, -0.25) is 4.79 Å². The molecule has 0 saturated carbocycles. The Balaban J connectivity index is 2.83. The normalized spacial score (nSPS) is 9.77. The lowest BCUT2D eigenvalue weighted by molar-refractivity contribution is -0.139. The summed E-state index contributed by atoms with van der Waals surface area (Å²) in [6, 6.07) is 3.28. The second-order valence-electron chi connectivity index (χ2n) is 2.35. The molecular weight excluding hydrogens is 257 g/mol. The summed E-state index contributed by atoms with van der Waals surface area (Å²) in [7, 11) is 1.34. The highest BCUT2D eigenvalue weighted by molar-refractivity contribution is 9.10. The third-order valence-corrected chi connectivity index (χ3v) is 1.99. The summed E-state index contributed by atoms with van der Waals surface area (Å²) in [6.45, 7) is 0. The van der Waals surface area contributed by atoms with Gasteiger partial charge in [0.25, 0.3) is 0 Å². The van der Waals surface area contributed by atoms with Gasteiger partial charge in [0.05, 0.1) is 19.2 Å². The van der Waals surface area contributed by atoms with Gasteiger partial charge in [-0.05, 0) is 28.1 Å². The molecule has 0 aliphatic carbocycles. The summed E-state index contributed by atoms with van der Waals surface area (Å²) in [6.07, 6.45) is 0.135. The van der Waals surface area contributed by atoms with Crippen LogP contribution in [0, 0.1) is 0 Å². The maximum absolute atomic E-state index is 10.9. The summed E-state index contributed by atoms with van der Waals surface area (Å²) in [5.74, 6) is -0.332. The average Bonchev–Trinajstić information content (AvgIpc) is 2.02. The number of hydrogen-bond acceptors (Lipinski definition) is 3. The van der Waals surface area contributed by atoms with E-state index in [1.54, 1.807) is 12.1 Å². The van der Waals surface area contributed by atoms with Crippen LogP contribution in [-0.4, -0.2) is 18.1 Å². The molecule has 5 heteroatoms. The number of ether oxygens (including phenoxy) is 1. The van der Waals surface area contributed by atoms with Crippen molar-refractivity contribution in [2.75, 3.05) is 7.11 Å². The molecular formula is C8H7BrClNO2. The molecule has 0 aromatic carbocycles. The highest BCUT2D eigenvalue weighted by Crippen LogP contribution is 2.16. The van der Waals surface area contributed by atoms with Crippen LogP contribution >= 0.6 is 27.5 Å². The zero-order valence-corrected chi connectivity index (χ0v) is 9.22. The first-order chi connectivity index (χ1) is 6.11. The van der Waals surface area contributed by atoms with E-state index >= 15 is 0 Å². The van der Waals surface area contributed by atoms with Crippen LogP contribution in [-0.2, 0) is 16.0 Å². The topological polar surface area (TPSA) is 39.2 Å². The lowest BCUT2D eigenvalue weighted by Crippen LogP contribution is -2.06. The van der Waals surface area contributed by atoms with Crippen LogP contribution in [0.2, 0.25) is 5.02 Å². The first kappa shape index (κ1) is 10.5. The van der Waals surface area contributed by atoms with Gasteiger partial charge in [-0.15, -0.1) is 0 Å². The number of esters is 1. The maximum atomic E-state index is 10.9. The summed E-state index contributed by atoms with van der Waals surface area (Å²) < 4.78 is 5.11. The maximum Gasteiger partial charge on any atom is 0.311 e. The van der Waals surface area contributed by atoms with Crippen molar-refractivity contribution in [1.82, 2.24) is 4.98 Å². The Kier molecular flexibility index (Phi) is 3.69. The summed E-state index contributed by atoms with van der Waals surface area (Å²) in [5, 5.41) is 0.542. The monoisotopic (exact) mass is 263 g/mol. The number of carbonyl (C=O) groups is 1. The molecule has 0 fully saturated rings. The van der Waals surface area contributed by atoms with E-state index in [0.717, 1.165) is 0 Å². The molecule has 0 amide bonds. The molecule has 70 valence electrons. The Hall–Kier alpha value is -0.610. The first-order valence-electron chi connectivity index (χ1n) is 3.50. The van der Waals surface area contributed by atoms with Crippen LogP contribution < -0.4 is 0 Å². The third kappa shape index (κ3) is 3.32. The number of nitrogens with zero attached hydrogens (tertiary/aromatic N) is 1. The molecule has 1 aromatic rings. The van der Waals surface area contributed by atoms with E-state index in [1.165, 1.54) is 7.11 Å². The fraction of sp³-hybridized carbons (Fsp3) is 0.250. The lowest BCUT2D eigenvalue weighted by Gasteiger charge is -2.00. The van der Waals surface area contributed by atoms with Crippen molar-refractivity contribution in [3.8, 4) is 0 Å².